The molecule has 2 fully saturated rings. The molecule has 2 heterocycles. The van der Waals surface area contributed by atoms with Gasteiger partial charge in [-0.05, 0) is 12.8 Å². The summed E-state index contributed by atoms with van der Waals surface area (Å²) in [7, 11) is 0. The van der Waals surface area contributed by atoms with Crippen LogP contribution in [0.5, 0.6) is 0 Å². The predicted molar refractivity (Wildman–Crippen MR) is 101 cm³/mol. The number of nitrogens with two attached hydrogens (primary N) is 1. The summed E-state index contributed by atoms with van der Waals surface area (Å²) in [6.07, 6.45) is 2.11. The average molecular weight is 440 g/mol. The van der Waals surface area contributed by atoms with E-state index in [0.717, 1.165) is 18.6 Å². The molecule has 2 amide bonds. The molecule has 10 nitrogen and oxygen atoms in total. The third-order valence-electron chi connectivity index (χ3n) is 4.09. The molecule has 0 spiro atoms. The quantitative estimate of drug-likeness (QED) is 0.164. The Hall–Kier alpha value is -1.31. The van der Waals surface area contributed by atoms with Crippen molar-refractivity contribution in [1.82, 2.24) is 10.6 Å². The molecule has 2 aliphatic heterocycles. The molecule has 0 aliphatic carbocycles. The molecule has 1 unspecified atom stereocenters. The van der Waals surface area contributed by atoms with Gasteiger partial charge in [0.1, 0.15) is 6.04 Å². The molecule has 0 aromatic carbocycles. The largest absolute Gasteiger partial charge is 0.395 e. The number of hydrogen-bond acceptors (Lipinski definition) is 11. The molecule has 0 radical (unpaired) electrons. The van der Waals surface area contributed by atoms with Crippen molar-refractivity contribution in [2.45, 2.75) is 55.5 Å². The van der Waals surface area contributed by atoms with Crippen molar-refractivity contribution in [1.29, 1.82) is 0 Å². The van der Waals surface area contributed by atoms with Gasteiger partial charge < -0.3 is 28.9 Å². The number of unbranched alkanes of at least 4 members (excludes halogenated alkanes) is 1. The number of nitrogens with one attached hydrogen (secondary N) is 2. The van der Waals surface area contributed by atoms with Crippen molar-refractivity contribution >= 4 is 60.9 Å². The molecular weight excluding hydrogens is 418 g/mol. The lowest BCUT2D eigenvalue weighted by Gasteiger charge is -2.16. The maximum Gasteiger partial charge on any atom is 0.338 e. The van der Waals surface area contributed by atoms with Gasteiger partial charge >= 0.3 is 23.9 Å². The normalized spacial score (nSPS) is 24.4. The smallest absolute Gasteiger partial charge is 0.338 e. The van der Waals surface area contributed by atoms with E-state index in [4.69, 9.17) is 9.92 Å². The maximum absolute atomic E-state index is 11.6. The first-order valence-corrected chi connectivity index (χ1v) is 10.3. The molecule has 2 saturated heterocycles. The predicted octanol–water partition coefficient (Wildman–Crippen LogP) is 0.467. The van der Waals surface area contributed by atoms with E-state index in [-0.39, 0.29) is 36.9 Å². The number of hydrogen-bond donors (Lipinski definition) is 4. The maximum atomic E-state index is 11.6. The van der Waals surface area contributed by atoms with Crippen molar-refractivity contribution in [3.05, 3.63) is 0 Å². The first-order chi connectivity index (χ1) is 12.9. The monoisotopic (exact) mass is 439 g/mol. The summed E-state index contributed by atoms with van der Waals surface area (Å²) in [4.78, 5) is 45.3. The number of rotatable bonds is 10. The molecule has 0 bridgehead atoms. The van der Waals surface area contributed by atoms with Crippen LogP contribution in [-0.4, -0.2) is 53.1 Å². The Bertz CT molecular complexity index is 580. The fourth-order valence-corrected chi connectivity index (χ4v) is 4.75. The zero-order chi connectivity index (χ0) is 19.8. The Morgan fingerprint density at radius 3 is 2.78 bits per heavy atom. The summed E-state index contributed by atoms with van der Waals surface area (Å²) in [5, 5.41) is 6.14. The molecule has 27 heavy (non-hydrogen) atoms. The zero-order valence-electron chi connectivity index (χ0n) is 14.3. The number of urea groups is 1. The minimum Gasteiger partial charge on any atom is -0.395 e. The van der Waals surface area contributed by atoms with E-state index in [9.17, 15) is 19.2 Å². The molecule has 4 N–H and O–H groups in total. The van der Waals surface area contributed by atoms with Gasteiger partial charge in [-0.2, -0.15) is 11.8 Å². The van der Waals surface area contributed by atoms with Crippen molar-refractivity contribution < 1.29 is 31.7 Å². The van der Waals surface area contributed by atoms with Crippen molar-refractivity contribution in [2.24, 2.45) is 5.73 Å². The number of carbonyl (C=O) groups is 4. The SMILES string of the molecule is NC(CC(=O)OS)C(=O)OSOC(=O)CCCC[C@H]1SC[C@H]2NC(=O)N[C@H]21. The van der Waals surface area contributed by atoms with Gasteiger partial charge in [0.2, 0.25) is 0 Å². The zero-order valence-corrected chi connectivity index (χ0v) is 16.8. The van der Waals surface area contributed by atoms with Crippen molar-refractivity contribution in [3.8, 4) is 0 Å². The highest BCUT2D eigenvalue weighted by molar-refractivity contribution is 8.00. The van der Waals surface area contributed by atoms with E-state index < -0.39 is 30.4 Å². The van der Waals surface area contributed by atoms with Gasteiger partial charge in [0, 0.05) is 30.3 Å². The van der Waals surface area contributed by atoms with E-state index in [1.807, 2.05) is 11.8 Å². The summed E-state index contributed by atoms with van der Waals surface area (Å²) >= 11 is 5.33. The Labute approximate surface area is 170 Å². The van der Waals surface area contributed by atoms with Gasteiger partial charge in [-0.25, -0.2) is 9.59 Å². The highest BCUT2D eigenvalue weighted by Gasteiger charge is 2.42. The summed E-state index contributed by atoms with van der Waals surface area (Å²) < 4.78 is 13.4. The second kappa shape index (κ2) is 10.9. The summed E-state index contributed by atoms with van der Waals surface area (Å²) in [6, 6.07) is -1.01. The molecule has 0 aromatic heterocycles. The first kappa shape index (κ1) is 22.0. The Morgan fingerprint density at radius 2 is 2.04 bits per heavy atom. The van der Waals surface area contributed by atoms with Crippen LogP contribution in [-0.2, 0) is 26.9 Å². The van der Waals surface area contributed by atoms with Crippen LogP contribution < -0.4 is 16.4 Å². The number of thiol groups is 1. The lowest BCUT2D eigenvalue weighted by Crippen LogP contribution is -2.36. The van der Waals surface area contributed by atoms with E-state index >= 15 is 0 Å². The summed E-state index contributed by atoms with van der Waals surface area (Å²) in [6.45, 7) is 0. The van der Waals surface area contributed by atoms with Gasteiger partial charge in [0.15, 0.2) is 0 Å². The first-order valence-electron chi connectivity index (χ1n) is 8.27. The summed E-state index contributed by atoms with van der Waals surface area (Å²) in [5.74, 6) is -1.31. The minimum atomic E-state index is -1.23. The Balaban J connectivity index is 1.52. The second-order valence-electron chi connectivity index (χ2n) is 6.07. The fraction of sp³-hybridized carbons (Fsp3) is 0.714. The van der Waals surface area contributed by atoms with Crippen LogP contribution >= 0.6 is 37.0 Å². The molecule has 13 heteroatoms. The Morgan fingerprint density at radius 1 is 1.26 bits per heavy atom. The number of carbonyl (C=O) groups excluding carboxylic acids is 4. The lowest BCUT2D eigenvalue weighted by molar-refractivity contribution is -0.141. The van der Waals surface area contributed by atoms with Crippen LogP contribution in [0.1, 0.15) is 32.1 Å². The molecule has 2 rings (SSSR count). The molecule has 0 saturated carbocycles. The second-order valence-corrected chi connectivity index (χ2v) is 7.99. The molecule has 2 aliphatic rings. The highest BCUT2D eigenvalue weighted by atomic mass is 32.2. The Kier molecular flexibility index (Phi) is 8.86. The standard InChI is InChI=1S/C14H21N3O7S3/c15-7(5-11(19)22-25)13(20)24-27-23-10(18)4-2-1-3-9-12-8(6-26-9)16-14(21)17-12/h7-9,12,25H,1-6,15H2,(H2,16,17,21)/t7?,8-,9-,12-/m1/s1. The molecule has 0 aromatic rings. The van der Waals surface area contributed by atoms with Crippen LogP contribution in [0, 0.1) is 0 Å². The molecule has 4 atom stereocenters. The van der Waals surface area contributed by atoms with Crippen LogP contribution in [0.3, 0.4) is 0 Å². The molecular formula is C14H21N3O7S3. The third kappa shape index (κ3) is 6.97. The lowest BCUT2D eigenvalue weighted by atomic mass is 10.0. The number of fused-ring (bicyclic) bond motifs is 1. The van der Waals surface area contributed by atoms with Crippen molar-refractivity contribution in [2.75, 3.05) is 5.75 Å². The van der Waals surface area contributed by atoms with Crippen LogP contribution in [0.15, 0.2) is 0 Å². The van der Waals surface area contributed by atoms with E-state index in [1.165, 1.54) is 0 Å². The van der Waals surface area contributed by atoms with Gasteiger partial charge in [-0.15, -0.1) is 0 Å². The fourth-order valence-electron chi connectivity index (χ4n) is 2.75. The van der Waals surface area contributed by atoms with Gasteiger partial charge in [-0.1, -0.05) is 6.42 Å². The van der Waals surface area contributed by atoms with Gasteiger partial charge in [0.05, 0.1) is 18.5 Å². The van der Waals surface area contributed by atoms with Crippen LogP contribution in [0.25, 0.3) is 0 Å². The third-order valence-corrected chi connectivity index (χ3v) is 6.29. The summed E-state index contributed by atoms with van der Waals surface area (Å²) in [5.41, 5.74) is 5.42. The van der Waals surface area contributed by atoms with Crippen LogP contribution in [0.4, 0.5) is 4.79 Å². The topological polar surface area (TPSA) is 146 Å². The van der Waals surface area contributed by atoms with E-state index in [0.29, 0.717) is 11.7 Å². The van der Waals surface area contributed by atoms with Gasteiger partial charge in [-0.3, -0.25) is 9.59 Å². The van der Waals surface area contributed by atoms with Gasteiger partial charge in [0.25, 0.3) is 12.3 Å². The number of amides is 2. The van der Waals surface area contributed by atoms with E-state index in [2.05, 4.69) is 31.9 Å². The van der Waals surface area contributed by atoms with E-state index in [1.54, 1.807) is 0 Å². The average Bonchev–Trinajstić information content (AvgIpc) is 3.17. The minimum absolute atomic E-state index is 0.118. The van der Waals surface area contributed by atoms with Crippen LogP contribution in [0.2, 0.25) is 0 Å². The highest BCUT2D eigenvalue weighted by Crippen LogP contribution is 2.33. The number of thioether (sulfide) groups is 1. The van der Waals surface area contributed by atoms with Crippen molar-refractivity contribution in [3.63, 3.8) is 0 Å². The molecule has 152 valence electrons.